The predicted octanol–water partition coefficient (Wildman–Crippen LogP) is 2.33. The van der Waals surface area contributed by atoms with Gasteiger partial charge in [-0.2, -0.15) is 0 Å². The van der Waals surface area contributed by atoms with Gasteiger partial charge in [0.25, 0.3) is 0 Å². The van der Waals surface area contributed by atoms with Crippen molar-refractivity contribution < 1.29 is 14.3 Å². The summed E-state index contributed by atoms with van der Waals surface area (Å²) in [6.45, 7) is 10.2. The highest BCUT2D eigenvalue weighted by Crippen LogP contribution is 2.42. The first kappa shape index (κ1) is 14.8. The number of hydrogen-bond acceptors (Lipinski definition) is 4. The molecule has 0 rings (SSSR count). The van der Waals surface area contributed by atoms with Crippen molar-refractivity contribution in [1.29, 1.82) is 0 Å². The van der Waals surface area contributed by atoms with Gasteiger partial charge in [0.2, 0.25) is 6.08 Å². The molecule has 0 N–H and O–H groups in total. The Morgan fingerprint density at radius 2 is 1.88 bits per heavy atom. The van der Waals surface area contributed by atoms with E-state index in [2.05, 4.69) is 4.99 Å². The first-order valence-corrected chi connectivity index (χ1v) is 5.50. The fraction of sp³-hybridized carbons (Fsp3) is 0.833. The van der Waals surface area contributed by atoms with E-state index in [0.29, 0.717) is 6.42 Å². The summed E-state index contributed by atoms with van der Waals surface area (Å²) in [5.41, 5.74) is -0.676. The molecule has 0 heterocycles. The fourth-order valence-corrected chi connectivity index (χ4v) is 1.37. The molecule has 0 bridgehead atoms. The molecule has 0 radical (unpaired) electrons. The summed E-state index contributed by atoms with van der Waals surface area (Å²) in [5, 5.41) is 0. The zero-order chi connectivity index (χ0) is 12.8. The van der Waals surface area contributed by atoms with Crippen LogP contribution in [0.25, 0.3) is 0 Å². The minimum atomic E-state index is -0.516. The molecule has 0 saturated heterocycles. The maximum absolute atomic E-state index is 11.9. The van der Waals surface area contributed by atoms with Crippen LogP contribution in [0.5, 0.6) is 0 Å². The molecule has 92 valence electrons. The van der Waals surface area contributed by atoms with E-state index in [1.807, 2.05) is 34.6 Å². The van der Waals surface area contributed by atoms with Crippen LogP contribution >= 0.6 is 0 Å². The summed E-state index contributed by atoms with van der Waals surface area (Å²) < 4.78 is 5.12. The number of carbonyl (C=O) groups excluding carboxylic acids is 2. The number of esters is 1. The van der Waals surface area contributed by atoms with Gasteiger partial charge in [-0.25, -0.2) is 9.79 Å². The molecule has 0 aliphatic carbocycles. The number of ether oxygens (including phenoxy) is 1. The normalized spacial score (nSPS) is 14.8. The Hall–Kier alpha value is -1.15. The lowest BCUT2D eigenvalue weighted by Crippen LogP contribution is -2.41. The van der Waals surface area contributed by atoms with Gasteiger partial charge in [0, 0.05) is 0 Å². The largest absolute Gasteiger partial charge is 0.463 e. The highest BCUT2D eigenvalue weighted by Gasteiger charge is 2.43. The van der Waals surface area contributed by atoms with Gasteiger partial charge in [-0.05, 0) is 18.8 Å². The Bertz CT molecular complexity index is 287. The second-order valence-electron chi connectivity index (χ2n) is 5.04. The molecule has 0 aliphatic heterocycles. The zero-order valence-corrected chi connectivity index (χ0v) is 10.8. The van der Waals surface area contributed by atoms with E-state index in [4.69, 9.17) is 4.74 Å². The summed E-state index contributed by atoms with van der Waals surface area (Å²) in [4.78, 5) is 25.1. The monoisotopic (exact) mass is 227 g/mol. The van der Waals surface area contributed by atoms with Crippen molar-refractivity contribution in [3.05, 3.63) is 0 Å². The van der Waals surface area contributed by atoms with Gasteiger partial charge < -0.3 is 4.74 Å². The maximum atomic E-state index is 11.9. The minimum absolute atomic E-state index is 0.139. The van der Waals surface area contributed by atoms with Gasteiger partial charge in [-0.3, -0.25) is 4.79 Å². The summed E-state index contributed by atoms with van der Waals surface area (Å²) in [5.74, 6) is -0.233. The van der Waals surface area contributed by atoms with E-state index in [0.717, 1.165) is 0 Å². The molecule has 0 fully saturated rings. The van der Waals surface area contributed by atoms with E-state index < -0.39 is 5.41 Å². The molecule has 0 spiro atoms. The maximum Gasteiger partial charge on any atom is 0.312 e. The van der Waals surface area contributed by atoms with Crippen LogP contribution in [0.3, 0.4) is 0 Å². The molecule has 0 saturated carbocycles. The van der Waals surface area contributed by atoms with Gasteiger partial charge in [-0.1, -0.05) is 27.7 Å². The van der Waals surface area contributed by atoms with E-state index in [9.17, 15) is 9.59 Å². The summed E-state index contributed by atoms with van der Waals surface area (Å²) in [6, 6.07) is 0. The topological polar surface area (TPSA) is 55.7 Å². The van der Waals surface area contributed by atoms with Crippen molar-refractivity contribution in [2.75, 3.05) is 13.2 Å². The lowest BCUT2D eigenvalue weighted by atomic mass is 9.66. The molecule has 0 aromatic heterocycles. The third-order valence-corrected chi connectivity index (χ3v) is 3.31. The van der Waals surface area contributed by atoms with Crippen LogP contribution in [-0.2, 0) is 14.3 Å². The molecule has 0 aliphatic rings. The van der Waals surface area contributed by atoms with Crippen molar-refractivity contribution in [2.45, 2.75) is 41.0 Å². The second kappa shape index (κ2) is 5.80. The number of nitrogens with zero attached hydrogens (tertiary/aromatic N) is 1. The smallest absolute Gasteiger partial charge is 0.312 e. The van der Waals surface area contributed by atoms with Crippen LogP contribution in [-0.4, -0.2) is 25.2 Å². The average Bonchev–Trinajstić information content (AvgIpc) is 2.21. The number of hydrogen-bond donors (Lipinski definition) is 0. The second-order valence-corrected chi connectivity index (χ2v) is 5.04. The standard InChI is InChI=1S/C12H21NO3/c1-6-12(5,11(2,3)4)10(15)16-8-7-13-9-14/h6-8H2,1-5H3. The van der Waals surface area contributed by atoms with Crippen molar-refractivity contribution in [3.8, 4) is 0 Å². The van der Waals surface area contributed by atoms with Crippen LogP contribution in [0.4, 0.5) is 0 Å². The van der Waals surface area contributed by atoms with Crippen LogP contribution in [0.2, 0.25) is 0 Å². The fourth-order valence-electron chi connectivity index (χ4n) is 1.37. The number of carbonyl (C=O) groups is 1. The Balaban J connectivity index is 4.49. The summed E-state index contributed by atoms with van der Waals surface area (Å²) >= 11 is 0. The highest BCUT2D eigenvalue weighted by atomic mass is 16.5. The molecule has 1 atom stereocenters. The molecule has 0 amide bonds. The average molecular weight is 227 g/mol. The van der Waals surface area contributed by atoms with Gasteiger partial charge in [-0.15, -0.1) is 0 Å². The first-order valence-electron chi connectivity index (χ1n) is 5.50. The van der Waals surface area contributed by atoms with Gasteiger partial charge in [0.05, 0.1) is 12.0 Å². The van der Waals surface area contributed by atoms with Crippen LogP contribution in [0.1, 0.15) is 41.0 Å². The molecular weight excluding hydrogens is 206 g/mol. The molecule has 0 aromatic rings. The number of aliphatic imine (C=N–C) groups is 1. The number of isocyanates is 1. The van der Waals surface area contributed by atoms with E-state index in [1.165, 1.54) is 6.08 Å². The third kappa shape index (κ3) is 3.46. The molecule has 4 heteroatoms. The van der Waals surface area contributed by atoms with Crippen molar-refractivity contribution in [2.24, 2.45) is 15.8 Å². The SMILES string of the molecule is CCC(C)(C(=O)OCCN=C=O)C(C)(C)C. The molecular formula is C12H21NO3. The predicted molar refractivity (Wildman–Crippen MR) is 61.8 cm³/mol. The molecule has 16 heavy (non-hydrogen) atoms. The quantitative estimate of drug-likeness (QED) is 0.313. The lowest BCUT2D eigenvalue weighted by Gasteiger charge is -2.38. The molecule has 0 aromatic carbocycles. The third-order valence-electron chi connectivity index (χ3n) is 3.31. The van der Waals surface area contributed by atoms with Crippen LogP contribution < -0.4 is 0 Å². The van der Waals surface area contributed by atoms with E-state index in [-0.39, 0.29) is 24.5 Å². The molecule has 4 nitrogen and oxygen atoms in total. The minimum Gasteiger partial charge on any atom is -0.463 e. The van der Waals surface area contributed by atoms with Crippen molar-refractivity contribution >= 4 is 12.0 Å². The molecule has 1 unspecified atom stereocenters. The van der Waals surface area contributed by atoms with Crippen LogP contribution in [0.15, 0.2) is 4.99 Å². The Morgan fingerprint density at radius 1 is 1.31 bits per heavy atom. The Labute approximate surface area is 97.1 Å². The van der Waals surface area contributed by atoms with Crippen molar-refractivity contribution in [1.82, 2.24) is 0 Å². The van der Waals surface area contributed by atoms with Gasteiger partial charge >= 0.3 is 5.97 Å². The Morgan fingerprint density at radius 3 is 2.25 bits per heavy atom. The first-order chi connectivity index (χ1) is 7.29. The lowest BCUT2D eigenvalue weighted by molar-refractivity contribution is -0.161. The zero-order valence-electron chi connectivity index (χ0n) is 10.8. The van der Waals surface area contributed by atoms with E-state index in [1.54, 1.807) is 0 Å². The van der Waals surface area contributed by atoms with Gasteiger partial charge in [0.1, 0.15) is 6.61 Å². The summed E-state index contributed by atoms with van der Waals surface area (Å²) in [6.07, 6.45) is 2.12. The highest BCUT2D eigenvalue weighted by molar-refractivity contribution is 5.77. The van der Waals surface area contributed by atoms with E-state index >= 15 is 0 Å². The van der Waals surface area contributed by atoms with Crippen molar-refractivity contribution in [3.63, 3.8) is 0 Å². The van der Waals surface area contributed by atoms with Gasteiger partial charge in [0.15, 0.2) is 0 Å². The Kier molecular flexibility index (Phi) is 5.39. The van der Waals surface area contributed by atoms with Crippen LogP contribution in [0, 0.1) is 10.8 Å². The number of rotatable bonds is 5. The summed E-state index contributed by atoms with van der Waals surface area (Å²) in [7, 11) is 0.